The molecule has 5 heteroatoms. The topological polar surface area (TPSA) is 76.2 Å². The number of nitrogens with two attached hydrogens (primary N) is 1. The third-order valence-corrected chi connectivity index (χ3v) is 1.62. The van der Waals surface area contributed by atoms with Crippen LogP contribution in [0.1, 0.15) is 5.69 Å². The number of nitrogens with zero attached hydrogens (tertiary/aromatic N) is 2. The van der Waals surface area contributed by atoms with Crippen molar-refractivity contribution in [2.45, 2.75) is 6.92 Å². The van der Waals surface area contributed by atoms with Crippen LogP contribution in [0.2, 0.25) is 0 Å². The molecule has 0 saturated carbocycles. The van der Waals surface area contributed by atoms with E-state index in [9.17, 15) is 4.79 Å². The molecule has 0 saturated heterocycles. The van der Waals surface area contributed by atoms with Gasteiger partial charge in [-0.25, -0.2) is 4.52 Å². The molecular formula is C7H8N4O. The van der Waals surface area contributed by atoms with Crippen LogP contribution < -0.4 is 11.3 Å². The zero-order valence-corrected chi connectivity index (χ0v) is 6.53. The van der Waals surface area contributed by atoms with E-state index in [2.05, 4.69) is 10.1 Å². The van der Waals surface area contributed by atoms with Crippen molar-refractivity contribution in [2.24, 2.45) is 0 Å². The molecule has 0 aliphatic rings. The fraction of sp³-hybridized carbons (Fsp3) is 0.143. The molecule has 0 amide bonds. The first-order valence-electron chi connectivity index (χ1n) is 3.52. The van der Waals surface area contributed by atoms with E-state index >= 15 is 0 Å². The Morgan fingerprint density at radius 2 is 2.33 bits per heavy atom. The lowest BCUT2D eigenvalue weighted by molar-refractivity contribution is 0.922. The molecule has 0 fully saturated rings. The number of anilines is 1. The predicted octanol–water partition coefficient (Wildman–Crippen LogP) is -0.0868. The van der Waals surface area contributed by atoms with Gasteiger partial charge in [-0.2, -0.15) is 4.98 Å². The summed E-state index contributed by atoms with van der Waals surface area (Å²) in [6.07, 6.45) is 0. The largest absolute Gasteiger partial charge is 0.383 e. The Labute approximate surface area is 67.8 Å². The van der Waals surface area contributed by atoms with Crippen molar-refractivity contribution < 1.29 is 0 Å². The van der Waals surface area contributed by atoms with Crippen molar-refractivity contribution in [3.63, 3.8) is 0 Å². The summed E-state index contributed by atoms with van der Waals surface area (Å²) in [7, 11) is 0. The summed E-state index contributed by atoms with van der Waals surface area (Å²) in [4.78, 5) is 14.6. The molecule has 5 nitrogen and oxygen atoms in total. The van der Waals surface area contributed by atoms with Gasteiger partial charge in [0.2, 0.25) is 0 Å². The third-order valence-electron chi connectivity index (χ3n) is 1.62. The molecule has 2 rings (SSSR count). The highest BCUT2D eigenvalue weighted by Gasteiger charge is 2.00. The van der Waals surface area contributed by atoms with Crippen LogP contribution in [0, 0.1) is 6.92 Å². The first-order valence-corrected chi connectivity index (χ1v) is 3.52. The Morgan fingerprint density at radius 1 is 1.58 bits per heavy atom. The summed E-state index contributed by atoms with van der Waals surface area (Å²) in [6.45, 7) is 1.87. The Balaban J connectivity index is 2.97. The van der Waals surface area contributed by atoms with Crippen LogP contribution in [0.25, 0.3) is 5.65 Å². The number of rotatable bonds is 0. The first kappa shape index (κ1) is 6.90. The van der Waals surface area contributed by atoms with E-state index in [4.69, 9.17) is 5.73 Å². The van der Waals surface area contributed by atoms with Crippen molar-refractivity contribution in [1.82, 2.24) is 14.6 Å². The van der Waals surface area contributed by atoms with Gasteiger partial charge in [0.25, 0.3) is 5.56 Å². The highest BCUT2D eigenvalue weighted by molar-refractivity contribution is 5.45. The minimum Gasteiger partial charge on any atom is -0.383 e. The number of aryl methyl sites for hydroxylation is 1. The molecule has 12 heavy (non-hydrogen) atoms. The molecule has 2 aromatic heterocycles. The zero-order valence-electron chi connectivity index (χ0n) is 6.53. The van der Waals surface area contributed by atoms with Gasteiger partial charge in [-0.15, -0.1) is 0 Å². The van der Waals surface area contributed by atoms with E-state index in [1.807, 2.05) is 6.92 Å². The van der Waals surface area contributed by atoms with Crippen molar-refractivity contribution >= 4 is 11.5 Å². The number of aromatic amines is 1. The van der Waals surface area contributed by atoms with Gasteiger partial charge in [0.15, 0.2) is 5.65 Å². The lowest BCUT2D eigenvalue weighted by Gasteiger charge is -1.95. The number of H-pyrrole nitrogens is 1. The quantitative estimate of drug-likeness (QED) is 0.571. The summed E-state index contributed by atoms with van der Waals surface area (Å²) in [5.74, 6) is 0.373. The molecule has 0 atom stereocenters. The smallest absolute Gasteiger partial charge is 0.275 e. The van der Waals surface area contributed by atoms with Crippen LogP contribution in [0.3, 0.4) is 0 Å². The molecule has 0 spiro atoms. The molecule has 62 valence electrons. The summed E-state index contributed by atoms with van der Waals surface area (Å²) in [5, 5.41) is 2.94. The summed E-state index contributed by atoms with van der Waals surface area (Å²) in [6, 6.07) is 3.04. The second kappa shape index (κ2) is 2.10. The van der Waals surface area contributed by atoms with Crippen molar-refractivity contribution in [3.8, 4) is 0 Å². The number of aromatic nitrogens is 3. The number of nitrogen functional groups attached to an aromatic ring is 1. The highest BCUT2D eigenvalue weighted by atomic mass is 16.1. The van der Waals surface area contributed by atoms with E-state index in [0.29, 0.717) is 11.5 Å². The van der Waals surface area contributed by atoms with Crippen molar-refractivity contribution in [2.75, 3.05) is 5.73 Å². The fourth-order valence-corrected chi connectivity index (χ4v) is 1.14. The summed E-state index contributed by atoms with van der Waals surface area (Å²) in [5.41, 5.74) is 6.72. The van der Waals surface area contributed by atoms with Gasteiger partial charge in [-0.05, 0) is 6.92 Å². The van der Waals surface area contributed by atoms with E-state index in [1.165, 1.54) is 6.07 Å². The van der Waals surface area contributed by atoms with Crippen LogP contribution in [-0.2, 0) is 0 Å². The zero-order chi connectivity index (χ0) is 8.72. The molecule has 0 aliphatic heterocycles. The average molecular weight is 164 g/mol. The van der Waals surface area contributed by atoms with E-state index < -0.39 is 0 Å². The fourth-order valence-electron chi connectivity index (χ4n) is 1.14. The van der Waals surface area contributed by atoms with Gasteiger partial charge in [0.05, 0.1) is 0 Å². The Hall–Kier alpha value is -1.78. The number of hydrogen-bond acceptors (Lipinski definition) is 3. The Kier molecular flexibility index (Phi) is 1.21. The number of hydrogen-bond donors (Lipinski definition) is 2. The SMILES string of the molecule is Cc1cc2nc(=O)cc(N)n2[nH]1. The standard InChI is InChI=1S/C7H8N4O/c1-4-2-6-9-7(12)3-5(8)11(6)10-4/h2-3,10H,8H2,1H3. The number of nitrogens with one attached hydrogen (secondary N) is 1. The van der Waals surface area contributed by atoms with Crippen LogP contribution >= 0.6 is 0 Å². The molecule has 0 radical (unpaired) electrons. The Morgan fingerprint density at radius 3 is 3.08 bits per heavy atom. The lowest BCUT2D eigenvalue weighted by Crippen LogP contribution is -2.10. The average Bonchev–Trinajstić information content (AvgIpc) is 2.29. The van der Waals surface area contributed by atoms with Gasteiger partial charge >= 0.3 is 0 Å². The van der Waals surface area contributed by atoms with Crippen LogP contribution in [0.4, 0.5) is 5.82 Å². The van der Waals surface area contributed by atoms with Gasteiger partial charge in [-0.3, -0.25) is 9.89 Å². The summed E-state index contributed by atoms with van der Waals surface area (Å²) >= 11 is 0. The highest BCUT2D eigenvalue weighted by Crippen LogP contribution is 2.04. The van der Waals surface area contributed by atoms with Crippen LogP contribution in [0.5, 0.6) is 0 Å². The maximum absolute atomic E-state index is 10.9. The molecule has 0 bridgehead atoms. The van der Waals surface area contributed by atoms with Gasteiger partial charge in [0, 0.05) is 17.8 Å². The molecule has 2 aromatic rings. The van der Waals surface area contributed by atoms with Crippen molar-refractivity contribution in [1.29, 1.82) is 0 Å². The van der Waals surface area contributed by atoms with E-state index in [1.54, 1.807) is 10.6 Å². The second-order valence-electron chi connectivity index (χ2n) is 2.65. The minimum atomic E-state index is -0.313. The summed E-state index contributed by atoms with van der Waals surface area (Å²) < 4.78 is 1.57. The van der Waals surface area contributed by atoms with Gasteiger partial charge in [0.1, 0.15) is 5.82 Å². The van der Waals surface area contributed by atoms with E-state index in [-0.39, 0.29) is 5.56 Å². The molecule has 0 aromatic carbocycles. The predicted molar refractivity (Wildman–Crippen MR) is 45.0 cm³/mol. The monoisotopic (exact) mass is 164 g/mol. The van der Waals surface area contributed by atoms with E-state index in [0.717, 1.165) is 5.69 Å². The van der Waals surface area contributed by atoms with Gasteiger partial charge in [-0.1, -0.05) is 0 Å². The maximum atomic E-state index is 10.9. The molecule has 2 heterocycles. The number of fused-ring (bicyclic) bond motifs is 1. The normalized spacial score (nSPS) is 10.8. The maximum Gasteiger partial charge on any atom is 0.275 e. The molecule has 0 unspecified atom stereocenters. The Bertz CT molecular complexity index is 482. The molecule has 3 N–H and O–H groups in total. The minimum absolute atomic E-state index is 0.313. The second-order valence-corrected chi connectivity index (χ2v) is 2.65. The van der Waals surface area contributed by atoms with Crippen molar-refractivity contribution in [3.05, 3.63) is 28.2 Å². The van der Waals surface area contributed by atoms with Gasteiger partial charge < -0.3 is 5.73 Å². The third kappa shape index (κ3) is 0.868. The van der Waals surface area contributed by atoms with Crippen LogP contribution in [-0.4, -0.2) is 14.6 Å². The first-order chi connectivity index (χ1) is 5.66. The molecule has 0 aliphatic carbocycles. The molecular weight excluding hydrogens is 156 g/mol. The van der Waals surface area contributed by atoms with Crippen LogP contribution in [0.15, 0.2) is 16.9 Å². The lowest BCUT2D eigenvalue weighted by atomic mass is 10.5.